The van der Waals surface area contributed by atoms with Gasteiger partial charge in [0.25, 0.3) is 0 Å². The molecule has 5 heteroatoms. The van der Waals surface area contributed by atoms with E-state index in [4.69, 9.17) is 22.1 Å². The summed E-state index contributed by atoms with van der Waals surface area (Å²) >= 11 is 9.28. The zero-order valence-corrected chi connectivity index (χ0v) is 13.3. The molecule has 1 unspecified atom stereocenters. The Morgan fingerprint density at radius 2 is 2.05 bits per heavy atom. The predicted molar refractivity (Wildman–Crippen MR) is 85.2 cm³/mol. The van der Waals surface area contributed by atoms with Gasteiger partial charge < -0.3 is 15.6 Å². The molecule has 2 rings (SSSR count). The first-order chi connectivity index (χ1) is 9.51. The van der Waals surface area contributed by atoms with Gasteiger partial charge in [0.05, 0.1) is 13.2 Å². The molecule has 0 bridgehead atoms. The molecule has 0 fully saturated rings. The van der Waals surface area contributed by atoms with Gasteiger partial charge in [0.2, 0.25) is 0 Å². The fourth-order valence-corrected chi connectivity index (χ4v) is 2.66. The summed E-state index contributed by atoms with van der Waals surface area (Å²) in [6.45, 7) is 0. The van der Waals surface area contributed by atoms with Gasteiger partial charge in [-0.15, -0.1) is 0 Å². The Morgan fingerprint density at radius 1 is 1.30 bits per heavy atom. The third-order valence-corrected chi connectivity index (χ3v) is 3.79. The lowest BCUT2D eigenvalue weighted by Gasteiger charge is -2.16. The third kappa shape index (κ3) is 3.45. The maximum atomic E-state index is 10.4. The lowest BCUT2D eigenvalue weighted by atomic mass is 9.99. The molecule has 0 spiro atoms. The normalized spacial score (nSPS) is 12.2. The van der Waals surface area contributed by atoms with E-state index in [9.17, 15) is 5.11 Å². The summed E-state index contributed by atoms with van der Waals surface area (Å²) in [7, 11) is 1.61. The van der Waals surface area contributed by atoms with E-state index in [2.05, 4.69) is 15.9 Å². The van der Waals surface area contributed by atoms with Crippen molar-refractivity contribution in [1.82, 2.24) is 0 Å². The van der Waals surface area contributed by atoms with E-state index in [1.165, 1.54) is 0 Å². The first kappa shape index (κ1) is 15.2. The number of rotatable bonds is 4. The topological polar surface area (TPSA) is 55.5 Å². The maximum absolute atomic E-state index is 10.4. The Hall–Kier alpha value is -1.23. The van der Waals surface area contributed by atoms with Crippen LogP contribution in [0.3, 0.4) is 0 Å². The summed E-state index contributed by atoms with van der Waals surface area (Å²) in [6.07, 6.45) is -0.301. The number of nitrogens with two attached hydrogens (primary N) is 1. The fraction of sp³-hybridized carbons (Fsp3) is 0.200. The van der Waals surface area contributed by atoms with Crippen LogP contribution in [0, 0.1) is 0 Å². The second-order valence-corrected chi connectivity index (χ2v) is 5.80. The van der Waals surface area contributed by atoms with Crippen LogP contribution in [0.15, 0.2) is 40.9 Å². The smallest absolute Gasteiger partial charge is 0.122 e. The Balaban J connectivity index is 2.27. The highest BCUT2D eigenvalue weighted by molar-refractivity contribution is 9.10. The summed E-state index contributed by atoms with van der Waals surface area (Å²) in [5, 5.41) is 10.9. The van der Waals surface area contributed by atoms with Crippen LogP contribution < -0.4 is 10.5 Å². The van der Waals surface area contributed by atoms with E-state index in [0.29, 0.717) is 22.7 Å². The van der Waals surface area contributed by atoms with E-state index < -0.39 is 6.10 Å². The van der Waals surface area contributed by atoms with Crippen molar-refractivity contribution in [1.29, 1.82) is 0 Å². The molecule has 0 aliphatic heterocycles. The molecule has 0 aliphatic carbocycles. The average Bonchev–Trinajstić information content (AvgIpc) is 2.38. The molecule has 1 atom stereocenters. The summed E-state index contributed by atoms with van der Waals surface area (Å²) in [6, 6.07) is 10.8. The van der Waals surface area contributed by atoms with Crippen LogP contribution in [0.4, 0.5) is 5.69 Å². The minimum absolute atomic E-state index is 0.411. The van der Waals surface area contributed by atoms with Crippen molar-refractivity contribution in [2.24, 2.45) is 0 Å². The number of halogens is 2. The second kappa shape index (κ2) is 6.48. The standard InChI is InChI=1S/C15H15BrClNO2/c1-20-15-5-2-10(16)6-9(15)7-14(19)12-4-3-11(17)8-13(12)18/h2-6,8,14,19H,7,18H2,1H3. The molecule has 106 valence electrons. The van der Waals surface area contributed by atoms with Crippen molar-refractivity contribution in [3.05, 3.63) is 57.0 Å². The van der Waals surface area contributed by atoms with Gasteiger partial charge in [-0.05, 0) is 35.9 Å². The lowest BCUT2D eigenvalue weighted by molar-refractivity contribution is 0.178. The molecule has 0 amide bonds. The number of nitrogen functional groups attached to an aromatic ring is 1. The van der Waals surface area contributed by atoms with E-state index in [0.717, 1.165) is 15.8 Å². The first-order valence-electron chi connectivity index (χ1n) is 6.06. The Kier molecular flexibility index (Phi) is 4.91. The monoisotopic (exact) mass is 355 g/mol. The molecule has 0 heterocycles. The van der Waals surface area contributed by atoms with E-state index in [1.54, 1.807) is 25.3 Å². The largest absolute Gasteiger partial charge is 0.496 e. The quantitative estimate of drug-likeness (QED) is 0.815. The molecule has 2 aromatic carbocycles. The molecular weight excluding hydrogens is 342 g/mol. The lowest BCUT2D eigenvalue weighted by Crippen LogP contribution is -2.06. The third-order valence-electron chi connectivity index (χ3n) is 3.06. The molecule has 20 heavy (non-hydrogen) atoms. The van der Waals surface area contributed by atoms with Crippen LogP contribution in [0.1, 0.15) is 17.2 Å². The van der Waals surface area contributed by atoms with Crippen LogP contribution in [-0.2, 0) is 6.42 Å². The van der Waals surface area contributed by atoms with Gasteiger partial charge in [-0.3, -0.25) is 0 Å². The molecule has 0 aliphatic rings. The van der Waals surface area contributed by atoms with Crippen LogP contribution in [0.25, 0.3) is 0 Å². The van der Waals surface area contributed by atoms with Crippen molar-refractivity contribution in [3.8, 4) is 5.75 Å². The van der Waals surface area contributed by atoms with Gasteiger partial charge in [0, 0.05) is 27.2 Å². The molecular formula is C15H15BrClNO2. The Morgan fingerprint density at radius 3 is 2.70 bits per heavy atom. The summed E-state index contributed by atoms with van der Waals surface area (Å²) in [5.41, 5.74) is 7.95. The number of methoxy groups -OCH3 is 1. The molecule has 0 saturated heterocycles. The van der Waals surface area contributed by atoms with Gasteiger partial charge in [-0.2, -0.15) is 0 Å². The van der Waals surface area contributed by atoms with Crippen LogP contribution in [0.5, 0.6) is 5.75 Å². The van der Waals surface area contributed by atoms with E-state index in [1.807, 2.05) is 18.2 Å². The number of aliphatic hydroxyl groups excluding tert-OH is 1. The highest BCUT2D eigenvalue weighted by Crippen LogP contribution is 2.30. The highest BCUT2D eigenvalue weighted by Gasteiger charge is 2.15. The van der Waals surface area contributed by atoms with Crippen molar-refractivity contribution >= 4 is 33.2 Å². The van der Waals surface area contributed by atoms with Crippen LogP contribution >= 0.6 is 27.5 Å². The number of hydrogen-bond acceptors (Lipinski definition) is 3. The second-order valence-electron chi connectivity index (χ2n) is 4.45. The molecule has 2 aromatic rings. The van der Waals surface area contributed by atoms with E-state index >= 15 is 0 Å². The number of benzene rings is 2. The predicted octanol–water partition coefficient (Wildman–Crippen LogP) is 3.97. The van der Waals surface area contributed by atoms with Crippen molar-refractivity contribution in [2.45, 2.75) is 12.5 Å². The maximum Gasteiger partial charge on any atom is 0.122 e. The number of anilines is 1. The minimum atomic E-state index is -0.713. The van der Waals surface area contributed by atoms with Crippen LogP contribution in [-0.4, -0.2) is 12.2 Å². The van der Waals surface area contributed by atoms with Gasteiger partial charge in [-0.1, -0.05) is 33.6 Å². The van der Waals surface area contributed by atoms with Gasteiger partial charge in [-0.25, -0.2) is 0 Å². The summed E-state index contributed by atoms with van der Waals surface area (Å²) < 4.78 is 6.24. The zero-order chi connectivity index (χ0) is 14.7. The molecule has 0 radical (unpaired) electrons. The molecule has 3 N–H and O–H groups in total. The number of hydrogen-bond donors (Lipinski definition) is 2. The number of aliphatic hydroxyl groups is 1. The van der Waals surface area contributed by atoms with Gasteiger partial charge in [0.1, 0.15) is 5.75 Å². The summed E-state index contributed by atoms with van der Waals surface area (Å²) in [4.78, 5) is 0. The number of ether oxygens (including phenoxy) is 1. The molecule has 0 aromatic heterocycles. The van der Waals surface area contributed by atoms with Crippen molar-refractivity contribution in [3.63, 3.8) is 0 Å². The SMILES string of the molecule is COc1ccc(Br)cc1CC(O)c1ccc(Cl)cc1N. The Bertz CT molecular complexity index is 619. The highest BCUT2D eigenvalue weighted by atomic mass is 79.9. The molecule has 3 nitrogen and oxygen atoms in total. The van der Waals surface area contributed by atoms with Gasteiger partial charge in [0.15, 0.2) is 0 Å². The van der Waals surface area contributed by atoms with Crippen molar-refractivity contribution in [2.75, 3.05) is 12.8 Å². The molecule has 0 saturated carbocycles. The van der Waals surface area contributed by atoms with Crippen molar-refractivity contribution < 1.29 is 9.84 Å². The Labute approximate surface area is 131 Å². The van der Waals surface area contributed by atoms with Gasteiger partial charge >= 0.3 is 0 Å². The first-order valence-corrected chi connectivity index (χ1v) is 7.23. The zero-order valence-electron chi connectivity index (χ0n) is 10.9. The fourth-order valence-electron chi connectivity index (χ4n) is 2.07. The van der Waals surface area contributed by atoms with Crippen LogP contribution in [0.2, 0.25) is 5.02 Å². The van der Waals surface area contributed by atoms with E-state index in [-0.39, 0.29) is 0 Å². The average molecular weight is 357 g/mol. The minimum Gasteiger partial charge on any atom is -0.496 e. The summed E-state index contributed by atoms with van der Waals surface area (Å²) in [5.74, 6) is 0.736.